The van der Waals surface area contributed by atoms with Crippen molar-refractivity contribution in [3.05, 3.63) is 29.8 Å². The second-order valence-electron chi connectivity index (χ2n) is 4.57. The van der Waals surface area contributed by atoms with E-state index in [0.717, 1.165) is 37.2 Å². The Hall–Kier alpha value is -1.55. The molecule has 1 aromatic carbocycles. The molecule has 1 spiro atoms. The standard InChI is InChI=1S/C12H15N3O/c16-11-9-3-1-2-4-10(9)14-12(15-11)5-7-13-8-6-12/h1-4,13-14H,5-8H2,(H,15,16)/p+1. The number of nitrogens with one attached hydrogen (secondary N) is 2. The Kier molecular flexibility index (Phi) is 2.11. The van der Waals surface area contributed by atoms with Gasteiger partial charge in [-0.05, 0) is 12.1 Å². The number of amides is 1. The zero-order valence-corrected chi connectivity index (χ0v) is 9.12. The number of carbonyl (C=O) groups is 1. The smallest absolute Gasteiger partial charge is 0.255 e. The summed E-state index contributed by atoms with van der Waals surface area (Å²) >= 11 is 0. The van der Waals surface area contributed by atoms with E-state index in [1.807, 2.05) is 24.3 Å². The van der Waals surface area contributed by atoms with Crippen LogP contribution in [-0.2, 0) is 0 Å². The molecule has 84 valence electrons. The SMILES string of the molecule is O=C1NC2(CC[NH2+]CC2)Nc2ccccc21. The molecule has 1 fully saturated rings. The predicted octanol–water partition coefficient (Wildman–Crippen LogP) is -0.105. The van der Waals surface area contributed by atoms with Gasteiger partial charge < -0.3 is 16.0 Å². The molecule has 0 aliphatic carbocycles. The van der Waals surface area contributed by atoms with Crippen LogP contribution in [0.5, 0.6) is 0 Å². The van der Waals surface area contributed by atoms with Crippen LogP contribution in [0.1, 0.15) is 23.2 Å². The fourth-order valence-electron chi connectivity index (χ4n) is 2.58. The number of nitrogens with two attached hydrogens (primary N) is 1. The molecule has 0 atom stereocenters. The van der Waals surface area contributed by atoms with Crippen LogP contribution in [0.3, 0.4) is 0 Å². The second-order valence-corrected chi connectivity index (χ2v) is 4.57. The first-order valence-corrected chi connectivity index (χ1v) is 5.81. The summed E-state index contributed by atoms with van der Waals surface area (Å²) in [4.78, 5) is 12.0. The highest BCUT2D eigenvalue weighted by molar-refractivity contribution is 6.02. The number of carbonyl (C=O) groups excluding carboxylic acids is 1. The van der Waals surface area contributed by atoms with Gasteiger partial charge in [-0.25, -0.2) is 0 Å². The lowest BCUT2D eigenvalue weighted by Gasteiger charge is -2.41. The fourth-order valence-corrected chi connectivity index (χ4v) is 2.58. The van der Waals surface area contributed by atoms with Crippen molar-refractivity contribution in [1.29, 1.82) is 0 Å². The van der Waals surface area contributed by atoms with Gasteiger partial charge >= 0.3 is 0 Å². The molecule has 4 heteroatoms. The quantitative estimate of drug-likeness (QED) is 0.569. The molecular formula is C12H16N3O+. The highest BCUT2D eigenvalue weighted by atomic mass is 16.2. The summed E-state index contributed by atoms with van der Waals surface area (Å²) in [5.74, 6) is 0.0521. The number of hydrogen-bond donors (Lipinski definition) is 3. The van der Waals surface area contributed by atoms with Gasteiger partial charge in [0, 0.05) is 18.5 Å². The van der Waals surface area contributed by atoms with E-state index in [0.29, 0.717) is 0 Å². The van der Waals surface area contributed by atoms with Crippen molar-refractivity contribution in [2.45, 2.75) is 18.5 Å². The van der Waals surface area contributed by atoms with Gasteiger partial charge in [0.15, 0.2) is 0 Å². The van der Waals surface area contributed by atoms with E-state index in [1.54, 1.807) is 0 Å². The minimum atomic E-state index is -0.208. The fraction of sp³-hybridized carbons (Fsp3) is 0.417. The Bertz CT molecular complexity index is 424. The summed E-state index contributed by atoms with van der Waals surface area (Å²) < 4.78 is 0. The van der Waals surface area contributed by atoms with E-state index in [2.05, 4.69) is 16.0 Å². The normalized spacial score (nSPS) is 22.1. The first-order valence-electron chi connectivity index (χ1n) is 5.81. The maximum atomic E-state index is 12.0. The van der Waals surface area contributed by atoms with Crippen LogP contribution < -0.4 is 16.0 Å². The molecule has 0 aromatic heterocycles. The number of para-hydroxylation sites is 1. The van der Waals surface area contributed by atoms with Crippen molar-refractivity contribution in [2.75, 3.05) is 18.4 Å². The van der Waals surface area contributed by atoms with E-state index in [9.17, 15) is 4.79 Å². The van der Waals surface area contributed by atoms with Gasteiger partial charge in [-0.3, -0.25) is 4.79 Å². The van der Waals surface area contributed by atoms with E-state index < -0.39 is 0 Å². The summed E-state index contributed by atoms with van der Waals surface area (Å²) in [6.07, 6.45) is 1.96. The molecule has 4 N–H and O–H groups in total. The summed E-state index contributed by atoms with van der Waals surface area (Å²) in [5.41, 5.74) is 1.51. The van der Waals surface area contributed by atoms with Crippen molar-refractivity contribution in [3.8, 4) is 0 Å². The highest BCUT2D eigenvalue weighted by Gasteiger charge is 2.39. The number of benzene rings is 1. The van der Waals surface area contributed by atoms with Gasteiger partial charge in [-0.15, -0.1) is 0 Å². The molecule has 1 amide bonds. The van der Waals surface area contributed by atoms with Gasteiger partial charge in [-0.2, -0.15) is 0 Å². The second kappa shape index (κ2) is 3.49. The monoisotopic (exact) mass is 218 g/mol. The molecule has 2 aliphatic rings. The zero-order chi connectivity index (χ0) is 11.0. The summed E-state index contributed by atoms with van der Waals surface area (Å²) in [6, 6.07) is 7.70. The summed E-state index contributed by atoms with van der Waals surface area (Å²) in [7, 11) is 0. The third kappa shape index (κ3) is 1.46. The van der Waals surface area contributed by atoms with Gasteiger partial charge in [0.1, 0.15) is 5.66 Å². The molecule has 3 rings (SSSR count). The van der Waals surface area contributed by atoms with E-state index >= 15 is 0 Å². The molecule has 1 aromatic rings. The van der Waals surface area contributed by atoms with E-state index in [-0.39, 0.29) is 11.6 Å². The van der Waals surface area contributed by atoms with Gasteiger partial charge in [0.2, 0.25) is 0 Å². The molecule has 2 heterocycles. The largest absolute Gasteiger partial charge is 0.362 e. The number of fused-ring (bicyclic) bond motifs is 1. The lowest BCUT2D eigenvalue weighted by Crippen LogP contribution is -2.89. The minimum Gasteiger partial charge on any atom is -0.362 e. The molecular weight excluding hydrogens is 202 g/mol. The van der Waals surface area contributed by atoms with E-state index in [1.165, 1.54) is 0 Å². The van der Waals surface area contributed by atoms with Crippen LogP contribution >= 0.6 is 0 Å². The van der Waals surface area contributed by atoms with Crippen LogP contribution in [0.25, 0.3) is 0 Å². The topological polar surface area (TPSA) is 57.7 Å². The zero-order valence-electron chi connectivity index (χ0n) is 9.12. The molecule has 0 radical (unpaired) electrons. The third-order valence-corrected chi connectivity index (χ3v) is 3.45. The average Bonchev–Trinajstić information content (AvgIpc) is 2.30. The Morgan fingerprint density at radius 3 is 2.69 bits per heavy atom. The Labute approximate surface area is 94.4 Å². The molecule has 4 nitrogen and oxygen atoms in total. The van der Waals surface area contributed by atoms with Crippen LogP contribution in [-0.4, -0.2) is 24.7 Å². The molecule has 1 saturated heterocycles. The minimum absolute atomic E-state index is 0.0521. The van der Waals surface area contributed by atoms with Crippen LogP contribution in [0, 0.1) is 0 Å². The Morgan fingerprint density at radius 1 is 1.12 bits per heavy atom. The lowest BCUT2D eigenvalue weighted by atomic mass is 9.93. The molecule has 0 unspecified atom stereocenters. The van der Waals surface area contributed by atoms with Gasteiger partial charge in [0.25, 0.3) is 5.91 Å². The Balaban J connectivity index is 1.96. The molecule has 2 aliphatic heterocycles. The summed E-state index contributed by atoms with van der Waals surface area (Å²) in [6.45, 7) is 2.13. The van der Waals surface area contributed by atoms with Gasteiger partial charge in [0.05, 0.1) is 18.7 Å². The number of hydrogen-bond acceptors (Lipinski definition) is 2. The maximum absolute atomic E-state index is 12.0. The summed E-state index contributed by atoms with van der Waals surface area (Å²) in [5, 5.41) is 8.90. The van der Waals surface area contributed by atoms with Gasteiger partial charge in [-0.1, -0.05) is 12.1 Å². The predicted molar refractivity (Wildman–Crippen MR) is 61.2 cm³/mol. The van der Waals surface area contributed by atoms with Crippen molar-refractivity contribution >= 4 is 11.6 Å². The lowest BCUT2D eigenvalue weighted by molar-refractivity contribution is -0.665. The van der Waals surface area contributed by atoms with Crippen molar-refractivity contribution in [2.24, 2.45) is 0 Å². The molecule has 0 saturated carbocycles. The van der Waals surface area contributed by atoms with Crippen molar-refractivity contribution in [3.63, 3.8) is 0 Å². The Morgan fingerprint density at radius 2 is 1.88 bits per heavy atom. The average molecular weight is 218 g/mol. The number of anilines is 1. The maximum Gasteiger partial charge on any atom is 0.255 e. The van der Waals surface area contributed by atoms with Crippen LogP contribution in [0.15, 0.2) is 24.3 Å². The molecule has 16 heavy (non-hydrogen) atoms. The highest BCUT2D eigenvalue weighted by Crippen LogP contribution is 2.28. The van der Waals surface area contributed by atoms with Crippen molar-refractivity contribution in [1.82, 2.24) is 5.32 Å². The third-order valence-electron chi connectivity index (χ3n) is 3.45. The number of rotatable bonds is 0. The number of piperidine rings is 1. The van der Waals surface area contributed by atoms with Crippen molar-refractivity contribution < 1.29 is 10.1 Å². The number of quaternary nitrogens is 1. The molecule has 0 bridgehead atoms. The van der Waals surface area contributed by atoms with Crippen LogP contribution in [0.4, 0.5) is 5.69 Å². The first kappa shape index (κ1) is 9.66. The van der Waals surface area contributed by atoms with E-state index in [4.69, 9.17) is 0 Å². The first-order chi connectivity index (χ1) is 7.79. The van der Waals surface area contributed by atoms with Crippen LogP contribution in [0.2, 0.25) is 0 Å².